The Hall–Kier alpha value is -1.95. The molecule has 0 fully saturated rings. The summed E-state index contributed by atoms with van der Waals surface area (Å²) in [6, 6.07) is 11.9. The molecule has 0 saturated carbocycles. The van der Waals surface area contributed by atoms with Crippen molar-refractivity contribution in [2.45, 2.75) is 25.7 Å². The number of benzene rings is 1. The molecule has 0 radical (unpaired) electrons. The minimum absolute atomic E-state index is 0.653. The van der Waals surface area contributed by atoms with Gasteiger partial charge in [-0.05, 0) is 72.0 Å². The predicted molar refractivity (Wildman–Crippen MR) is 105 cm³/mol. The second-order valence-electron chi connectivity index (χ2n) is 5.89. The van der Waals surface area contributed by atoms with Gasteiger partial charge in [0.25, 0.3) is 0 Å². The van der Waals surface area contributed by atoms with Crippen LogP contribution < -0.4 is 5.55 Å². The molecule has 0 unspecified atom stereocenters. The molecule has 0 atom stereocenters. The Morgan fingerprint density at radius 1 is 1.04 bits per heavy atom. The molecular formula is C20H17IN2O. The van der Waals surface area contributed by atoms with E-state index in [0.717, 1.165) is 38.6 Å². The van der Waals surface area contributed by atoms with Crippen LogP contribution in [0.3, 0.4) is 0 Å². The van der Waals surface area contributed by atoms with Gasteiger partial charge < -0.3 is 4.42 Å². The van der Waals surface area contributed by atoms with Crippen LogP contribution in [0.5, 0.6) is 0 Å². The van der Waals surface area contributed by atoms with Crippen LogP contribution in [0.1, 0.15) is 31.4 Å². The van der Waals surface area contributed by atoms with Crippen molar-refractivity contribution in [1.82, 2.24) is 4.98 Å². The fourth-order valence-electron chi connectivity index (χ4n) is 3.03. The summed E-state index contributed by atoms with van der Waals surface area (Å²) in [6.45, 7) is 0. The number of hydrogen-bond acceptors (Lipinski definition) is 3. The standard InChI is InChI=1S/C20H17IN2O/c21-18-17-13-22-12-11-16(17)20(23-15-9-5-2-6-10-15)24-19(18)14-7-3-1-4-8-14/h2,5-7,9-13H,1,3-4,8H2. The fourth-order valence-corrected chi connectivity index (χ4v) is 3.91. The topological polar surface area (TPSA) is 38.4 Å². The highest BCUT2D eigenvalue weighted by Crippen LogP contribution is 2.32. The van der Waals surface area contributed by atoms with Crippen molar-refractivity contribution in [1.29, 1.82) is 0 Å². The first-order valence-electron chi connectivity index (χ1n) is 8.18. The van der Waals surface area contributed by atoms with Gasteiger partial charge in [0.15, 0.2) is 0 Å². The van der Waals surface area contributed by atoms with Crippen LogP contribution >= 0.6 is 22.6 Å². The Balaban J connectivity index is 2.00. The summed E-state index contributed by atoms with van der Waals surface area (Å²) in [5.74, 6) is 0.950. The third-order valence-corrected chi connectivity index (χ3v) is 5.33. The molecule has 24 heavy (non-hydrogen) atoms. The minimum Gasteiger partial charge on any atom is -0.437 e. The number of pyridine rings is 1. The summed E-state index contributed by atoms with van der Waals surface area (Å²) >= 11 is 2.37. The number of aromatic nitrogens is 1. The van der Waals surface area contributed by atoms with Gasteiger partial charge in [0.05, 0.1) is 9.26 Å². The molecule has 120 valence electrons. The van der Waals surface area contributed by atoms with Gasteiger partial charge in [-0.3, -0.25) is 4.98 Å². The van der Waals surface area contributed by atoms with Gasteiger partial charge in [-0.25, -0.2) is 4.99 Å². The van der Waals surface area contributed by atoms with Crippen LogP contribution in [0.2, 0.25) is 0 Å². The second-order valence-corrected chi connectivity index (χ2v) is 6.97. The molecular weight excluding hydrogens is 411 g/mol. The Morgan fingerprint density at radius 3 is 2.71 bits per heavy atom. The number of halogens is 1. The number of fused-ring (bicyclic) bond motifs is 1. The smallest absolute Gasteiger partial charge is 0.227 e. The highest BCUT2D eigenvalue weighted by molar-refractivity contribution is 14.1. The van der Waals surface area contributed by atoms with Gasteiger partial charge in [0, 0.05) is 23.2 Å². The van der Waals surface area contributed by atoms with Crippen LogP contribution in [-0.2, 0) is 0 Å². The molecule has 0 saturated heterocycles. The predicted octanol–water partition coefficient (Wildman–Crippen LogP) is 5.62. The molecule has 0 amide bonds. The van der Waals surface area contributed by atoms with Gasteiger partial charge in [-0.2, -0.15) is 0 Å². The van der Waals surface area contributed by atoms with E-state index >= 15 is 0 Å². The van der Waals surface area contributed by atoms with E-state index in [0.29, 0.717) is 5.55 Å². The summed E-state index contributed by atoms with van der Waals surface area (Å²) in [4.78, 5) is 9.04. The van der Waals surface area contributed by atoms with Crippen molar-refractivity contribution in [3.05, 3.63) is 69.8 Å². The molecule has 0 aliphatic heterocycles. The fraction of sp³-hybridized carbons (Fsp3) is 0.200. The number of nitrogens with zero attached hydrogens (tertiary/aromatic N) is 2. The Bertz CT molecular complexity index is 974. The average Bonchev–Trinajstić information content (AvgIpc) is 2.66. The molecule has 1 aliphatic rings. The van der Waals surface area contributed by atoms with Gasteiger partial charge >= 0.3 is 0 Å². The van der Waals surface area contributed by atoms with Crippen molar-refractivity contribution in [2.24, 2.45) is 4.99 Å². The molecule has 0 spiro atoms. The lowest BCUT2D eigenvalue weighted by Crippen LogP contribution is -2.08. The van der Waals surface area contributed by atoms with E-state index < -0.39 is 0 Å². The molecule has 0 bridgehead atoms. The third kappa shape index (κ3) is 3.02. The Labute approximate surface area is 154 Å². The summed E-state index contributed by atoms with van der Waals surface area (Å²) < 4.78 is 7.42. The monoisotopic (exact) mass is 428 g/mol. The molecule has 4 rings (SSSR count). The first kappa shape index (κ1) is 15.6. The molecule has 1 aliphatic carbocycles. The van der Waals surface area contributed by atoms with Crippen molar-refractivity contribution in [3.63, 3.8) is 0 Å². The zero-order chi connectivity index (χ0) is 16.4. The molecule has 1 aromatic carbocycles. The third-order valence-electron chi connectivity index (χ3n) is 4.26. The van der Waals surface area contributed by atoms with Crippen LogP contribution in [0.25, 0.3) is 16.3 Å². The summed E-state index contributed by atoms with van der Waals surface area (Å²) in [6.07, 6.45) is 10.7. The summed E-state index contributed by atoms with van der Waals surface area (Å²) in [7, 11) is 0. The van der Waals surface area contributed by atoms with Gasteiger partial charge in [0.2, 0.25) is 5.55 Å². The molecule has 2 aromatic heterocycles. The van der Waals surface area contributed by atoms with Gasteiger partial charge in [-0.1, -0.05) is 24.3 Å². The highest BCUT2D eigenvalue weighted by Gasteiger charge is 2.16. The molecule has 0 N–H and O–H groups in total. The number of rotatable bonds is 2. The molecule has 3 aromatic rings. The summed E-state index contributed by atoms with van der Waals surface area (Å²) in [5.41, 5.74) is 2.84. The minimum atomic E-state index is 0.653. The van der Waals surface area contributed by atoms with Crippen LogP contribution in [0, 0.1) is 3.57 Å². The quantitative estimate of drug-likeness (QED) is 0.497. The molecule has 4 heteroatoms. The van der Waals surface area contributed by atoms with E-state index in [1.807, 2.05) is 42.6 Å². The van der Waals surface area contributed by atoms with Gasteiger partial charge in [-0.15, -0.1) is 0 Å². The number of para-hydroxylation sites is 1. The van der Waals surface area contributed by atoms with Gasteiger partial charge in [0.1, 0.15) is 5.76 Å². The maximum atomic E-state index is 6.29. The van der Waals surface area contributed by atoms with E-state index in [1.54, 1.807) is 6.20 Å². The van der Waals surface area contributed by atoms with Crippen LogP contribution in [-0.4, -0.2) is 4.98 Å². The zero-order valence-corrected chi connectivity index (χ0v) is 15.4. The SMILES string of the molecule is Ic1c(C2=CCCCC2)oc(=Nc2ccccc2)c2ccncc12. The van der Waals surface area contributed by atoms with E-state index in [1.165, 1.54) is 18.4 Å². The van der Waals surface area contributed by atoms with Crippen molar-refractivity contribution in [3.8, 4) is 0 Å². The number of hydrogen-bond donors (Lipinski definition) is 0. The molecule has 2 heterocycles. The van der Waals surface area contributed by atoms with E-state index in [4.69, 9.17) is 9.41 Å². The van der Waals surface area contributed by atoms with Crippen molar-refractivity contribution < 1.29 is 4.42 Å². The maximum absolute atomic E-state index is 6.29. The van der Waals surface area contributed by atoms with E-state index in [2.05, 4.69) is 33.7 Å². The van der Waals surface area contributed by atoms with E-state index in [9.17, 15) is 0 Å². The lowest BCUT2D eigenvalue weighted by molar-refractivity contribution is 0.485. The Morgan fingerprint density at radius 2 is 1.92 bits per heavy atom. The maximum Gasteiger partial charge on any atom is 0.227 e. The van der Waals surface area contributed by atoms with Crippen molar-refractivity contribution in [2.75, 3.05) is 0 Å². The molecule has 3 nitrogen and oxygen atoms in total. The highest BCUT2D eigenvalue weighted by atomic mass is 127. The normalized spacial score (nSPS) is 15.5. The van der Waals surface area contributed by atoms with Crippen LogP contribution in [0.4, 0.5) is 5.69 Å². The average molecular weight is 428 g/mol. The first-order chi connectivity index (χ1) is 11.8. The zero-order valence-electron chi connectivity index (χ0n) is 13.2. The lowest BCUT2D eigenvalue weighted by Gasteiger charge is -2.14. The summed E-state index contributed by atoms with van der Waals surface area (Å²) in [5, 5.41) is 2.10. The van der Waals surface area contributed by atoms with E-state index in [-0.39, 0.29) is 0 Å². The second kappa shape index (κ2) is 6.89. The first-order valence-corrected chi connectivity index (χ1v) is 9.26. The largest absolute Gasteiger partial charge is 0.437 e. The lowest BCUT2D eigenvalue weighted by atomic mass is 9.97. The number of allylic oxidation sites excluding steroid dienone is 2. The van der Waals surface area contributed by atoms with Crippen LogP contribution in [0.15, 0.2) is 64.3 Å². The Kier molecular flexibility index (Phi) is 4.47. The van der Waals surface area contributed by atoms with Crippen molar-refractivity contribution >= 4 is 44.6 Å².